The third-order valence-corrected chi connectivity index (χ3v) is 3.96. The van der Waals surface area contributed by atoms with Gasteiger partial charge in [-0.25, -0.2) is 9.97 Å². The molecule has 1 unspecified atom stereocenters. The number of rotatable bonds is 7. The number of anilines is 2. The molecule has 0 radical (unpaired) electrons. The van der Waals surface area contributed by atoms with Gasteiger partial charge in [-0.3, -0.25) is 0 Å². The van der Waals surface area contributed by atoms with Gasteiger partial charge in [0.2, 0.25) is 5.95 Å². The first-order valence-corrected chi connectivity index (χ1v) is 7.79. The molecule has 0 aliphatic rings. The van der Waals surface area contributed by atoms with E-state index in [2.05, 4.69) is 39.4 Å². The van der Waals surface area contributed by atoms with E-state index >= 15 is 0 Å². The summed E-state index contributed by atoms with van der Waals surface area (Å²) in [4.78, 5) is 13.1. The van der Waals surface area contributed by atoms with E-state index in [1.165, 1.54) is 0 Å². The lowest BCUT2D eigenvalue weighted by Crippen LogP contribution is -2.13. The van der Waals surface area contributed by atoms with Crippen LogP contribution in [0.4, 0.5) is 11.8 Å². The Labute approximate surface area is 123 Å². The first-order valence-electron chi connectivity index (χ1n) is 6.91. The molecule has 0 aliphatic carbocycles. The highest BCUT2D eigenvalue weighted by atomic mass is 32.1. The molecule has 108 valence electrons. The van der Waals surface area contributed by atoms with Gasteiger partial charge in [-0.1, -0.05) is 13.8 Å². The highest BCUT2D eigenvalue weighted by Gasteiger charge is 2.09. The van der Waals surface area contributed by atoms with E-state index in [9.17, 15) is 0 Å². The molecular weight excluding hydrogens is 270 g/mol. The van der Waals surface area contributed by atoms with Gasteiger partial charge in [-0.05, 0) is 13.3 Å². The van der Waals surface area contributed by atoms with Crippen LogP contribution >= 0.6 is 11.3 Å². The van der Waals surface area contributed by atoms with Crippen molar-refractivity contribution in [3.05, 3.63) is 28.3 Å². The largest absolute Gasteiger partial charge is 0.369 e. The maximum absolute atomic E-state index is 4.51. The van der Waals surface area contributed by atoms with Crippen molar-refractivity contribution in [3.63, 3.8) is 0 Å². The minimum absolute atomic E-state index is 0.372. The van der Waals surface area contributed by atoms with Crippen LogP contribution < -0.4 is 10.6 Å². The second-order valence-electron chi connectivity index (χ2n) is 4.80. The Bertz CT molecular complexity index is 526. The van der Waals surface area contributed by atoms with Crippen molar-refractivity contribution >= 4 is 23.1 Å². The van der Waals surface area contributed by atoms with Gasteiger partial charge in [0.25, 0.3) is 0 Å². The molecular formula is C14H21N5S. The molecule has 0 spiro atoms. The predicted molar refractivity (Wildman–Crippen MR) is 84.6 cm³/mol. The maximum Gasteiger partial charge on any atom is 0.224 e. The molecule has 0 aromatic carbocycles. The van der Waals surface area contributed by atoms with Gasteiger partial charge < -0.3 is 10.6 Å². The molecule has 0 fully saturated rings. The normalized spacial score (nSPS) is 12.2. The van der Waals surface area contributed by atoms with Gasteiger partial charge in [0.15, 0.2) is 0 Å². The van der Waals surface area contributed by atoms with E-state index in [0.717, 1.165) is 35.9 Å². The number of nitrogens with zero attached hydrogens (tertiary/aromatic N) is 3. The number of thiazole rings is 1. The summed E-state index contributed by atoms with van der Waals surface area (Å²) in [5.74, 6) is 1.94. The lowest BCUT2D eigenvalue weighted by atomic mass is 10.2. The van der Waals surface area contributed by atoms with Crippen molar-refractivity contribution in [2.24, 2.45) is 0 Å². The van der Waals surface area contributed by atoms with Crippen molar-refractivity contribution in [1.29, 1.82) is 0 Å². The summed E-state index contributed by atoms with van der Waals surface area (Å²) in [6, 6.07) is 0. The van der Waals surface area contributed by atoms with Gasteiger partial charge in [0, 0.05) is 42.3 Å². The molecule has 2 rings (SSSR count). The lowest BCUT2D eigenvalue weighted by Gasteiger charge is -2.13. The second-order valence-corrected chi connectivity index (χ2v) is 5.73. The number of hydrogen-bond donors (Lipinski definition) is 2. The van der Waals surface area contributed by atoms with Crippen LogP contribution in [0.5, 0.6) is 0 Å². The topological polar surface area (TPSA) is 62.7 Å². The highest BCUT2D eigenvalue weighted by molar-refractivity contribution is 7.09. The predicted octanol–water partition coefficient (Wildman–Crippen LogP) is 3.28. The van der Waals surface area contributed by atoms with Crippen LogP contribution in [0.15, 0.2) is 17.8 Å². The van der Waals surface area contributed by atoms with Gasteiger partial charge in [-0.15, -0.1) is 11.3 Å². The fourth-order valence-corrected chi connectivity index (χ4v) is 2.46. The number of aryl methyl sites for hydroxylation is 1. The summed E-state index contributed by atoms with van der Waals surface area (Å²) >= 11 is 1.69. The van der Waals surface area contributed by atoms with Crippen molar-refractivity contribution in [1.82, 2.24) is 15.0 Å². The van der Waals surface area contributed by atoms with E-state index in [1.807, 2.05) is 24.7 Å². The summed E-state index contributed by atoms with van der Waals surface area (Å²) in [5, 5.41) is 9.75. The Hall–Kier alpha value is -1.69. The molecule has 2 aromatic heterocycles. The van der Waals surface area contributed by atoms with Gasteiger partial charge in [0.05, 0.1) is 5.01 Å². The van der Waals surface area contributed by atoms with E-state index in [1.54, 1.807) is 11.3 Å². The Morgan fingerprint density at radius 1 is 1.30 bits per heavy atom. The Morgan fingerprint density at radius 3 is 2.85 bits per heavy atom. The molecule has 0 aliphatic heterocycles. The second kappa shape index (κ2) is 7.19. The van der Waals surface area contributed by atoms with Crippen molar-refractivity contribution in [3.8, 4) is 0 Å². The Morgan fingerprint density at radius 2 is 2.15 bits per heavy atom. The van der Waals surface area contributed by atoms with Gasteiger partial charge >= 0.3 is 0 Å². The first-order chi connectivity index (χ1) is 9.70. The molecule has 0 amide bonds. The zero-order chi connectivity index (χ0) is 14.4. The van der Waals surface area contributed by atoms with Crippen molar-refractivity contribution < 1.29 is 0 Å². The number of nitrogens with one attached hydrogen (secondary N) is 2. The molecule has 2 N–H and O–H groups in total. The number of aromatic nitrogens is 3. The van der Waals surface area contributed by atoms with Gasteiger partial charge in [0.1, 0.15) is 5.82 Å². The molecule has 20 heavy (non-hydrogen) atoms. The third kappa shape index (κ3) is 3.90. The monoisotopic (exact) mass is 291 g/mol. The first kappa shape index (κ1) is 14.7. The molecule has 2 heterocycles. The van der Waals surface area contributed by atoms with E-state index in [4.69, 9.17) is 0 Å². The minimum atomic E-state index is 0.372. The SMILES string of the molecule is CCCNc1ncc(C)c(NCC(C)c2nccs2)n1. The average molecular weight is 291 g/mol. The molecule has 1 atom stereocenters. The fraction of sp³-hybridized carbons (Fsp3) is 0.500. The lowest BCUT2D eigenvalue weighted by molar-refractivity contribution is 0.790. The Kier molecular flexibility index (Phi) is 5.29. The minimum Gasteiger partial charge on any atom is -0.369 e. The quantitative estimate of drug-likeness (QED) is 0.819. The molecule has 0 saturated carbocycles. The van der Waals surface area contributed by atoms with Crippen LogP contribution in [0.3, 0.4) is 0 Å². The number of hydrogen-bond acceptors (Lipinski definition) is 6. The molecule has 5 nitrogen and oxygen atoms in total. The van der Waals surface area contributed by atoms with Gasteiger partial charge in [-0.2, -0.15) is 4.98 Å². The maximum atomic E-state index is 4.51. The summed E-state index contributed by atoms with van der Waals surface area (Å²) in [6.45, 7) is 8.01. The van der Waals surface area contributed by atoms with Crippen LogP contribution in [-0.2, 0) is 0 Å². The smallest absolute Gasteiger partial charge is 0.224 e. The van der Waals surface area contributed by atoms with E-state index < -0.39 is 0 Å². The molecule has 0 saturated heterocycles. The summed E-state index contributed by atoms with van der Waals surface area (Å²) < 4.78 is 0. The average Bonchev–Trinajstić information content (AvgIpc) is 2.99. The van der Waals surface area contributed by atoms with Crippen LogP contribution in [0.2, 0.25) is 0 Å². The van der Waals surface area contributed by atoms with Crippen LogP contribution in [0.25, 0.3) is 0 Å². The summed E-state index contributed by atoms with van der Waals surface area (Å²) in [6.07, 6.45) is 4.75. The standard InChI is InChI=1S/C14H21N5S/c1-4-5-16-14-18-8-10(2)12(19-14)17-9-11(3)13-15-6-7-20-13/h6-8,11H,4-5,9H2,1-3H3,(H2,16,17,18,19). The zero-order valence-electron chi connectivity index (χ0n) is 12.2. The Balaban J connectivity index is 1.97. The fourth-order valence-electron chi connectivity index (χ4n) is 1.76. The third-order valence-electron chi connectivity index (χ3n) is 2.95. The summed E-state index contributed by atoms with van der Waals surface area (Å²) in [7, 11) is 0. The van der Waals surface area contributed by atoms with Crippen LogP contribution in [-0.4, -0.2) is 28.0 Å². The highest BCUT2D eigenvalue weighted by Crippen LogP contribution is 2.19. The van der Waals surface area contributed by atoms with Crippen LogP contribution in [0.1, 0.15) is 36.8 Å². The molecule has 0 bridgehead atoms. The van der Waals surface area contributed by atoms with E-state index in [-0.39, 0.29) is 0 Å². The molecule has 2 aromatic rings. The van der Waals surface area contributed by atoms with Crippen LogP contribution in [0, 0.1) is 6.92 Å². The van der Waals surface area contributed by atoms with Crippen molar-refractivity contribution in [2.75, 3.05) is 23.7 Å². The molecule has 6 heteroatoms. The summed E-state index contributed by atoms with van der Waals surface area (Å²) in [5.41, 5.74) is 1.05. The van der Waals surface area contributed by atoms with Crippen molar-refractivity contribution in [2.45, 2.75) is 33.1 Å². The van der Waals surface area contributed by atoms with E-state index in [0.29, 0.717) is 11.9 Å². The zero-order valence-corrected chi connectivity index (χ0v) is 13.0.